The molecule has 2 N–H and O–H groups in total. The smallest absolute Gasteiger partial charge is 0.0688 e. The van der Waals surface area contributed by atoms with Crippen LogP contribution in [-0.4, -0.2) is 10.1 Å². The Balaban J connectivity index is 2.19. The molecule has 0 atom stereocenters. The molecule has 83 valence electrons. The fraction of sp³-hybridized carbons (Fsp3) is 0.0667. The van der Waals surface area contributed by atoms with Gasteiger partial charge in [-0.2, -0.15) is 0 Å². The number of hydrogen-bond donors (Lipinski definition) is 2. The van der Waals surface area contributed by atoms with Gasteiger partial charge in [0.1, 0.15) is 0 Å². The van der Waals surface area contributed by atoms with Crippen LogP contribution in [0, 0.1) is 6.07 Å². The molecule has 17 heavy (non-hydrogen) atoms. The van der Waals surface area contributed by atoms with Crippen molar-refractivity contribution in [2.24, 2.45) is 0 Å². The number of aliphatic hydroxyl groups excluding tert-OH is 1. The highest BCUT2D eigenvalue weighted by molar-refractivity contribution is 5.85. The third-order valence-electron chi connectivity index (χ3n) is 2.96. The summed E-state index contributed by atoms with van der Waals surface area (Å²) in [5.74, 6) is 0. The number of rotatable bonds is 2. The predicted molar refractivity (Wildman–Crippen MR) is 68.5 cm³/mol. The minimum Gasteiger partial charge on any atom is -0.392 e. The average Bonchev–Trinajstić information content (AvgIpc) is 2.85. The second kappa shape index (κ2) is 4.07. The van der Waals surface area contributed by atoms with E-state index in [0.29, 0.717) is 0 Å². The molecule has 2 aromatic carbocycles. The van der Waals surface area contributed by atoms with Crippen molar-refractivity contribution in [2.45, 2.75) is 6.61 Å². The number of hydrogen-bond acceptors (Lipinski definition) is 1. The Labute approximate surface area is 99.5 Å². The number of nitrogens with one attached hydrogen (secondary N) is 1. The third kappa shape index (κ3) is 1.73. The lowest BCUT2D eigenvalue weighted by Crippen LogP contribution is -1.88. The summed E-state index contributed by atoms with van der Waals surface area (Å²) in [5, 5.41) is 10.5. The van der Waals surface area contributed by atoms with Crippen molar-refractivity contribution in [1.29, 1.82) is 0 Å². The highest BCUT2D eigenvalue weighted by Gasteiger charge is 2.05. The first kappa shape index (κ1) is 10.1. The highest BCUT2D eigenvalue weighted by atomic mass is 16.3. The number of H-pyrrole nitrogens is 1. The van der Waals surface area contributed by atoms with Crippen molar-refractivity contribution >= 4 is 10.9 Å². The van der Waals surface area contributed by atoms with Gasteiger partial charge in [0, 0.05) is 11.7 Å². The number of fused-ring (bicyclic) bond motifs is 1. The van der Waals surface area contributed by atoms with E-state index in [1.807, 2.05) is 30.5 Å². The molecule has 0 bridgehead atoms. The SMILES string of the molecule is OCc1ccc[c]c1-c1ccc2cc[nH]c2c1. The van der Waals surface area contributed by atoms with Gasteiger partial charge in [0.25, 0.3) is 0 Å². The Morgan fingerprint density at radius 3 is 3.00 bits per heavy atom. The largest absolute Gasteiger partial charge is 0.392 e. The molecule has 0 saturated carbocycles. The molecule has 3 aromatic rings. The van der Waals surface area contributed by atoms with E-state index < -0.39 is 0 Å². The van der Waals surface area contributed by atoms with Gasteiger partial charge >= 0.3 is 0 Å². The second-order valence-electron chi connectivity index (χ2n) is 4.01. The molecule has 0 unspecified atom stereocenters. The van der Waals surface area contributed by atoms with Gasteiger partial charge in [0.2, 0.25) is 0 Å². The van der Waals surface area contributed by atoms with Crippen molar-refractivity contribution in [3.05, 3.63) is 60.3 Å². The van der Waals surface area contributed by atoms with Crippen LogP contribution < -0.4 is 0 Å². The average molecular weight is 222 g/mol. The molecule has 0 spiro atoms. The molecule has 0 aliphatic carbocycles. The predicted octanol–water partition coefficient (Wildman–Crippen LogP) is 3.13. The first-order chi connectivity index (χ1) is 8.38. The van der Waals surface area contributed by atoms with Crippen molar-refractivity contribution in [2.75, 3.05) is 0 Å². The fourth-order valence-electron chi connectivity index (χ4n) is 2.08. The van der Waals surface area contributed by atoms with Gasteiger partial charge in [-0.15, -0.1) is 0 Å². The maximum atomic E-state index is 9.33. The standard InChI is InChI=1S/C15H12NO/c17-10-13-3-1-2-4-14(13)12-6-5-11-7-8-16-15(11)9-12/h1-3,5-9,16-17H,10H2. The molecule has 0 amide bonds. The summed E-state index contributed by atoms with van der Waals surface area (Å²) in [5.41, 5.74) is 4.04. The molecular formula is C15H12NO. The van der Waals surface area contributed by atoms with Gasteiger partial charge in [-0.05, 0) is 40.3 Å². The quantitative estimate of drug-likeness (QED) is 0.686. The topological polar surface area (TPSA) is 36.0 Å². The molecule has 0 saturated heterocycles. The van der Waals surface area contributed by atoms with E-state index in [0.717, 1.165) is 22.2 Å². The Morgan fingerprint density at radius 1 is 1.18 bits per heavy atom. The van der Waals surface area contributed by atoms with Crippen LogP contribution in [0.15, 0.2) is 48.7 Å². The maximum Gasteiger partial charge on any atom is 0.0688 e. The van der Waals surface area contributed by atoms with E-state index in [4.69, 9.17) is 0 Å². The van der Waals surface area contributed by atoms with E-state index in [-0.39, 0.29) is 6.61 Å². The van der Waals surface area contributed by atoms with Crippen LogP contribution in [0.4, 0.5) is 0 Å². The zero-order valence-corrected chi connectivity index (χ0v) is 9.27. The first-order valence-corrected chi connectivity index (χ1v) is 5.56. The van der Waals surface area contributed by atoms with Crippen molar-refractivity contribution in [3.63, 3.8) is 0 Å². The Hall–Kier alpha value is -2.06. The summed E-state index contributed by atoms with van der Waals surface area (Å²) in [6.07, 6.45) is 1.93. The van der Waals surface area contributed by atoms with Crippen molar-refractivity contribution in [1.82, 2.24) is 4.98 Å². The number of aromatic amines is 1. The minimum atomic E-state index is 0.0371. The number of benzene rings is 2. The van der Waals surface area contributed by atoms with Gasteiger partial charge in [0.05, 0.1) is 6.61 Å². The second-order valence-corrected chi connectivity index (χ2v) is 4.01. The molecule has 0 fully saturated rings. The van der Waals surface area contributed by atoms with Crippen LogP contribution in [0.3, 0.4) is 0 Å². The van der Waals surface area contributed by atoms with Gasteiger partial charge < -0.3 is 10.1 Å². The van der Waals surface area contributed by atoms with Crippen molar-refractivity contribution in [3.8, 4) is 11.1 Å². The van der Waals surface area contributed by atoms with Crippen LogP contribution in [0.2, 0.25) is 0 Å². The third-order valence-corrected chi connectivity index (χ3v) is 2.96. The Bertz CT molecular complexity index is 655. The molecule has 3 rings (SSSR count). The zero-order valence-electron chi connectivity index (χ0n) is 9.27. The molecular weight excluding hydrogens is 210 g/mol. The maximum absolute atomic E-state index is 9.33. The van der Waals surface area contributed by atoms with E-state index in [9.17, 15) is 5.11 Å². The van der Waals surface area contributed by atoms with E-state index in [2.05, 4.69) is 29.2 Å². The van der Waals surface area contributed by atoms with Crippen LogP contribution in [0.25, 0.3) is 22.0 Å². The molecule has 2 heteroatoms. The van der Waals surface area contributed by atoms with Crippen LogP contribution in [0.5, 0.6) is 0 Å². The monoisotopic (exact) mass is 222 g/mol. The summed E-state index contributed by atoms with van der Waals surface area (Å²) in [6, 6.07) is 17.1. The number of aromatic nitrogens is 1. The fourth-order valence-corrected chi connectivity index (χ4v) is 2.08. The lowest BCUT2D eigenvalue weighted by molar-refractivity contribution is 0.282. The van der Waals surface area contributed by atoms with Gasteiger partial charge in [-0.1, -0.05) is 30.3 Å². The number of aliphatic hydroxyl groups is 1. The van der Waals surface area contributed by atoms with Gasteiger partial charge in [-0.25, -0.2) is 0 Å². The van der Waals surface area contributed by atoms with Gasteiger partial charge in [0.15, 0.2) is 0 Å². The van der Waals surface area contributed by atoms with E-state index in [1.54, 1.807) is 0 Å². The van der Waals surface area contributed by atoms with E-state index >= 15 is 0 Å². The lowest BCUT2D eigenvalue weighted by Gasteiger charge is -2.06. The molecule has 0 aliphatic rings. The first-order valence-electron chi connectivity index (χ1n) is 5.56. The Morgan fingerprint density at radius 2 is 2.12 bits per heavy atom. The van der Waals surface area contributed by atoms with Crippen molar-refractivity contribution < 1.29 is 5.11 Å². The van der Waals surface area contributed by atoms with Crippen LogP contribution >= 0.6 is 0 Å². The van der Waals surface area contributed by atoms with E-state index in [1.165, 1.54) is 5.39 Å². The molecule has 0 aliphatic heterocycles. The minimum absolute atomic E-state index is 0.0371. The molecule has 1 radical (unpaired) electrons. The normalized spacial score (nSPS) is 10.9. The molecule has 2 nitrogen and oxygen atoms in total. The van der Waals surface area contributed by atoms with Crippen LogP contribution in [-0.2, 0) is 6.61 Å². The lowest BCUT2D eigenvalue weighted by atomic mass is 9.99. The summed E-state index contributed by atoms with van der Waals surface area (Å²) in [4.78, 5) is 3.19. The summed E-state index contributed by atoms with van der Waals surface area (Å²) < 4.78 is 0. The molecule has 1 heterocycles. The summed E-state index contributed by atoms with van der Waals surface area (Å²) >= 11 is 0. The molecule has 1 aromatic heterocycles. The Kier molecular flexibility index (Phi) is 2.42. The van der Waals surface area contributed by atoms with Gasteiger partial charge in [-0.3, -0.25) is 0 Å². The van der Waals surface area contributed by atoms with Crippen LogP contribution in [0.1, 0.15) is 5.56 Å². The highest BCUT2D eigenvalue weighted by Crippen LogP contribution is 2.26. The summed E-state index contributed by atoms with van der Waals surface area (Å²) in [6.45, 7) is 0.0371. The zero-order chi connectivity index (χ0) is 11.7. The summed E-state index contributed by atoms with van der Waals surface area (Å²) in [7, 11) is 0.